The number of anilines is 1. The van der Waals surface area contributed by atoms with Crippen molar-refractivity contribution in [3.05, 3.63) is 40.2 Å². The van der Waals surface area contributed by atoms with E-state index in [1.807, 2.05) is 6.20 Å². The number of halogens is 2. The van der Waals surface area contributed by atoms with Crippen LogP contribution < -0.4 is 15.8 Å². The van der Waals surface area contributed by atoms with E-state index in [1.165, 1.54) is 13.2 Å². The maximum Gasteiger partial charge on any atom is 0.255 e. The van der Waals surface area contributed by atoms with Gasteiger partial charge in [-0.05, 0) is 30.9 Å². The van der Waals surface area contributed by atoms with E-state index < -0.39 is 0 Å². The summed E-state index contributed by atoms with van der Waals surface area (Å²) in [6.07, 6.45) is 4.67. The molecule has 1 atom stereocenters. The summed E-state index contributed by atoms with van der Waals surface area (Å²) in [7, 11) is 1.49. The molecule has 124 valence electrons. The topological polar surface area (TPSA) is 93.0 Å². The number of nitrogen functional groups attached to an aromatic ring is 1. The number of nitrogens with two attached hydrogens (primary N) is 1. The largest absolute Gasteiger partial charge is 0.496 e. The van der Waals surface area contributed by atoms with Crippen molar-refractivity contribution >= 4 is 35.6 Å². The molecule has 1 aliphatic carbocycles. The molecule has 1 aromatic carbocycles. The second kappa shape index (κ2) is 7.10. The van der Waals surface area contributed by atoms with Crippen molar-refractivity contribution in [3.63, 3.8) is 0 Å². The third-order valence-corrected chi connectivity index (χ3v) is 4.23. The van der Waals surface area contributed by atoms with Crippen molar-refractivity contribution in [2.75, 3.05) is 12.8 Å². The molecule has 1 aromatic heterocycles. The van der Waals surface area contributed by atoms with Crippen LogP contribution in [0.3, 0.4) is 0 Å². The molecule has 1 amide bonds. The van der Waals surface area contributed by atoms with Gasteiger partial charge in [-0.25, -0.2) is 0 Å². The van der Waals surface area contributed by atoms with Crippen LogP contribution in [0, 0.1) is 0 Å². The first-order valence-corrected chi connectivity index (χ1v) is 7.44. The van der Waals surface area contributed by atoms with Gasteiger partial charge in [-0.15, -0.1) is 12.4 Å². The molecule has 1 heterocycles. The summed E-state index contributed by atoms with van der Waals surface area (Å²) >= 11 is 6.02. The Hall–Kier alpha value is -1.92. The Morgan fingerprint density at radius 1 is 1.52 bits per heavy atom. The van der Waals surface area contributed by atoms with Crippen molar-refractivity contribution in [3.8, 4) is 5.75 Å². The fraction of sp³-hybridized carbons (Fsp3) is 0.333. The van der Waals surface area contributed by atoms with Crippen LogP contribution in [0.25, 0.3) is 0 Å². The lowest BCUT2D eigenvalue weighted by atomic mass is 9.93. The smallest absolute Gasteiger partial charge is 0.255 e. The number of ether oxygens (including phenoxy) is 1. The van der Waals surface area contributed by atoms with Crippen LogP contribution >= 0.6 is 24.0 Å². The number of nitrogens with one attached hydrogen (secondary N) is 2. The standard InChI is InChI=1S/C15H17ClN4O2.ClH/c1-22-13-6-11(17)10(16)5-9(13)15(21)19-12-4-2-3-8-7-18-20-14(8)12;/h5-7,12H,2-4,17H2,1H3,(H,18,20)(H,19,21);1H. The Kier molecular flexibility index (Phi) is 5.38. The first kappa shape index (κ1) is 17.4. The maximum atomic E-state index is 12.6. The number of amides is 1. The van der Waals surface area contributed by atoms with Gasteiger partial charge >= 0.3 is 0 Å². The average molecular weight is 357 g/mol. The normalized spacial score (nSPS) is 16.2. The molecule has 0 bridgehead atoms. The quantitative estimate of drug-likeness (QED) is 0.737. The number of aromatic nitrogens is 2. The van der Waals surface area contributed by atoms with Gasteiger partial charge in [-0.2, -0.15) is 5.10 Å². The number of fused-ring (bicyclic) bond motifs is 1. The summed E-state index contributed by atoms with van der Waals surface area (Å²) in [4.78, 5) is 12.6. The number of nitrogens with zero attached hydrogens (tertiary/aromatic N) is 1. The Bertz CT molecular complexity index is 717. The first-order valence-electron chi connectivity index (χ1n) is 7.06. The number of carbonyl (C=O) groups excluding carboxylic acids is 1. The van der Waals surface area contributed by atoms with Crippen molar-refractivity contribution in [1.29, 1.82) is 0 Å². The lowest BCUT2D eigenvalue weighted by Gasteiger charge is -2.23. The molecule has 1 unspecified atom stereocenters. The zero-order chi connectivity index (χ0) is 15.7. The molecule has 0 spiro atoms. The summed E-state index contributed by atoms with van der Waals surface area (Å²) in [6.45, 7) is 0. The predicted molar refractivity (Wildman–Crippen MR) is 91.4 cm³/mol. The minimum Gasteiger partial charge on any atom is -0.496 e. The van der Waals surface area contributed by atoms with Gasteiger partial charge in [-0.1, -0.05) is 11.6 Å². The highest BCUT2D eigenvalue weighted by Gasteiger charge is 2.25. The highest BCUT2D eigenvalue weighted by atomic mass is 35.5. The van der Waals surface area contributed by atoms with Crippen molar-refractivity contribution in [1.82, 2.24) is 15.5 Å². The fourth-order valence-corrected chi connectivity index (χ4v) is 2.92. The second-order valence-corrected chi connectivity index (χ2v) is 5.71. The number of H-pyrrole nitrogens is 1. The van der Waals surface area contributed by atoms with Crippen LogP contribution in [-0.4, -0.2) is 23.2 Å². The molecular formula is C15H18Cl2N4O2. The molecule has 4 N–H and O–H groups in total. The third kappa shape index (κ3) is 3.38. The fourth-order valence-electron chi connectivity index (χ4n) is 2.76. The zero-order valence-electron chi connectivity index (χ0n) is 12.6. The van der Waals surface area contributed by atoms with Gasteiger partial charge in [0.1, 0.15) is 5.75 Å². The highest BCUT2D eigenvalue weighted by Crippen LogP contribution is 2.31. The maximum absolute atomic E-state index is 12.6. The number of methoxy groups -OCH3 is 1. The molecule has 8 heteroatoms. The average Bonchev–Trinajstić information content (AvgIpc) is 2.99. The van der Waals surface area contributed by atoms with Crippen molar-refractivity contribution < 1.29 is 9.53 Å². The molecule has 0 saturated carbocycles. The molecule has 3 rings (SSSR count). The van der Waals surface area contributed by atoms with Crippen LogP contribution in [0.2, 0.25) is 5.02 Å². The van der Waals surface area contributed by atoms with Crippen LogP contribution in [-0.2, 0) is 6.42 Å². The van der Waals surface area contributed by atoms with E-state index in [0.717, 1.165) is 30.5 Å². The highest BCUT2D eigenvalue weighted by molar-refractivity contribution is 6.33. The first-order chi connectivity index (χ1) is 10.6. The Morgan fingerprint density at radius 3 is 3.04 bits per heavy atom. The Morgan fingerprint density at radius 2 is 2.30 bits per heavy atom. The number of aromatic amines is 1. The number of aryl methyl sites for hydroxylation is 1. The van der Waals surface area contributed by atoms with Gasteiger partial charge < -0.3 is 15.8 Å². The van der Waals surface area contributed by atoms with Crippen LogP contribution in [0.1, 0.15) is 40.5 Å². The Balaban J connectivity index is 0.00000192. The minimum atomic E-state index is -0.244. The molecule has 2 aromatic rings. The van der Waals surface area contributed by atoms with Crippen LogP contribution in [0.4, 0.5) is 5.69 Å². The number of benzene rings is 1. The number of hydrogen-bond acceptors (Lipinski definition) is 4. The lowest BCUT2D eigenvalue weighted by Crippen LogP contribution is -2.31. The number of hydrogen-bond donors (Lipinski definition) is 3. The van der Waals surface area contributed by atoms with E-state index in [0.29, 0.717) is 22.0 Å². The van der Waals surface area contributed by atoms with Gasteiger partial charge in [0.2, 0.25) is 0 Å². The van der Waals surface area contributed by atoms with Gasteiger partial charge in [-0.3, -0.25) is 9.89 Å². The SMILES string of the molecule is COc1cc(N)c(Cl)cc1C(=O)NC1CCCc2cn[nH]c21.Cl. The van der Waals surface area contributed by atoms with Crippen molar-refractivity contribution in [2.24, 2.45) is 0 Å². The summed E-state index contributed by atoms with van der Waals surface area (Å²) < 4.78 is 5.23. The molecule has 0 saturated heterocycles. The van der Waals surface area contributed by atoms with E-state index in [9.17, 15) is 4.79 Å². The molecular weight excluding hydrogens is 339 g/mol. The molecule has 23 heavy (non-hydrogen) atoms. The second-order valence-electron chi connectivity index (χ2n) is 5.30. The van der Waals surface area contributed by atoms with E-state index in [1.54, 1.807) is 6.07 Å². The van der Waals surface area contributed by atoms with E-state index >= 15 is 0 Å². The Labute approximate surface area is 145 Å². The predicted octanol–water partition coefficient (Wildman–Crippen LogP) is 2.88. The van der Waals surface area contributed by atoms with E-state index in [2.05, 4.69) is 15.5 Å². The molecule has 0 aliphatic heterocycles. The van der Waals surface area contributed by atoms with E-state index in [-0.39, 0.29) is 24.4 Å². The van der Waals surface area contributed by atoms with Gasteiger partial charge in [0.25, 0.3) is 5.91 Å². The van der Waals surface area contributed by atoms with Crippen LogP contribution in [0.5, 0.6) is 5.75 Å². The summed E-state index contributed by atoms with van der Waals surface area (Å²) in [6, 6.07) is 3.00. The zero-order valence-corrected chi connectivity index (χ0v) is 14.1. The minimum absolute atomic E-state index is 0. The van der Waals surface area contributed by atoms with Crippen molar-refractivity contribution in [2.45, 2.75) is 25.3 Å². The van der Waals surface area contributed by atoms with E-state index in [4.69, 9.17) is 22.1 Å². The summed E-state index contributed by atoms with van der Waals surface area (Å²) in [5.74, 6) is 0.159. The van der Waals surface area contributed by atoms with Gasteiger partial charge in [0.15, 0.2) is 0 Å². The monoisotopic (exact) mass is 356 g/mol. The molecule has 1 aliphatic rings. The third-order valence-electron chi connectivity index (χ3n) is 3.91. The summed E-state index contributed by atoms with van der Waals surface area (Å²) in [5.41, 5.74) is 8.61. The molecule has 6 nitrogen and oxygen atoms in total. The lowest BCUT2D eigenvalue weighted by molar-refractivity contribution is 0.0929. The summed E-state index contributed by atoms with van der Waals surface area (Å²) in [5, 5.41) is 10.4. The number of carbonyl (C=O) groups is 1. The van der Waals surface area contributed by atoms with Crippen LogP contribution in [0.15, 0.2) is 18.3 Å². The molecule has 0 radical (unpaired) electrons. The molecule has 0 fully saturated rings. The van der Waals surface area contributed by atoms with Gasteiger partial charge in [0, 0.05) is 6.07 Å². The number of rotatable bonds is 3. The van der Waals surface area contributed by atoms with Gasteiger partial charge in [0.05, 0.1) is 41.3 Å².